The maximum Gasteiger partial charge on any atom is 0.257 e. The van der Waals surface area contributed by atoms with Crippen LogP contribution in [-0.2, 0) is 6.42 Å². The second-order valence-corrected chi connectivity index (χ2v) is 5.19. The van der Waals surface area contributed by atoms with Gasteiger partial charge in [-0.3, -0.25) is 9.78 Å². The molecule has 0 aliphatic rings. The Kier molecular flexibility index (Phi) is 4.08. The predicted molar refractivity (Wildman–Crippen MR) is 89.8 cm³/mol. The number of halogens is 1. The van der Waals surface area contributed by atoms with Gasteiger partial charge in [0.1, 0.15) is 0 Å². The van der Waals surface area contributed by atoms with E-state index in [1.54, 1.807) is 6.20 Å². The minimum Gasteiger partial charge on any atom is -0.396 e. The van der Waals surface area contributed by atoms with Crippen molar-refractivity contribution >= 4 is 28.1 Å². The Morgan fingerprint density at radius 1 is 1.25 bits per heavy atom. The van der Waals surface area contributed by atoms with E-state index in [9.17, 15) is 9.18 Å². The Bertz CT molecular complexity index is 973. The standard InChI is InChI=1S/C18H13FN4O/c19-17-13(7-8-20)16(6-5-15(17)21)23-18(24)14-10-22-9-11-3-1-2-4-12(11)14/h1-6,9-10H,7,21H2,(H,23,24). The zero-order chi connectivity index (χ0) is 17.1. The number of hydrogen-bond acceptors (Lipinski definition) is 4. The van der Waals surface area contributed by atoms with Gasteiger partial charge in [-0.15, -0.1) is 0 Å². The summed E-state index contributed by atoms with van der Waals surface area (Å²) in [5.74, 6) is -1.12. The number of pyridine rings is 1. The molecular weight excluding hydrogens is 307 g/mol. The van der Waals surface area contributed by atoms with E-state index in [4.69, 9.17) is 11.0 Å². The van der Waals surface area contributed by atoms with Crippen LogP contribution >= 0.6 is 0 Å². The molecule has 1 amide bonds. The number of amides is 1. The van der Waals surface area contributed by atoms with Crippen LogP contribution in [0.1, 0.15) is 15.9 Å². The smallest absolute Gasteiger partial charge is 0.257 e. The number of aromatic nitrogens is 1. The molecule has 0 atom stereocenters. The third-order valence-corrected chi connectivity index (χ3v) is 3.69. The number of anilines is 2. The van der Waals surface area contributed by atoms with Crippen molar-refractivity contribution in [2.75, 3.05) is 11.1 Å². The van der Waals surface area contributed by atoms with Gasteiger partial charge in [0.05, 0.1) is 23.7 Å². The molecule has 0 saturated heterocycles. The molecular formula is C18H13FN4O. The van der Waals surface area contributed by atoms with Gasteiger partial charge in [-0.05, 0) is 17.5 Å². The number of fused-ring (bicyclic) bond motifs is 1. The van der Waals surface area contributed by atoms with E-state index in [0.29, 0.717) is 5.56 Å². The lowest BCUT2D eigenvalue weighted by Crippen LogP contribution is -2.15. The molecule has 0 aliphatic heterocycles. The lowest BCUT2D eigenvalue weighted by atomic mass is 10.1. The Balaban J connectivity index is 2.01. The van der Waals surface area contributed by atoms with Crippen LogP contribution in [-0.4, -0.2) is 10.9 Å². The largest absolute Gasteiger partial charge is 0.396 e. The summed E-state index contributed by atoms with van der Waals surface area (Å²) in [6.45, 7) is 0. The van der Waals surface area contributed by atoms with Crippen LogP contribution in [0.2, 0.25) is 0 Å². The van der Waals surface area contributed by atoms with Crippen LogP contribution < -0.4 is 11.1 Å². The van der Waals surface area contributed by atoms with Gasteiger partial charge in [-0.25, -0.2) is 4.39 Å². The molecule has 0 fully saturated rings. The summed E-state index contributed by atoms with van der Waals surface area (Å²) in [5.41, 5.74) is 6.12. The van der Waals surface area contributed by atoms with Gasteiger partial charge in [0, 0.05) is 29.0 Å². The van der Waals surface area contributed by atoms with Crippen molar-refractivity contribution in [1.82, 2.24) is 4.98 Å². The highest BCUT2D eigenvalue weighted by molar-refractivity contribution is 6.12. The topological polar surface area (TPSA) is 91.8 Å². The molecule has 0 bridgehead atoms. The molecule has 0 spiro atoms. The summed E-state index contributed by atoms with van der Waals surface area (Å²) in [6.07, 6.45) is 2.92. The van der Waals surface area contributed by atoms with Crippen molar-refractivity contribution in [2.45, 2.75) is 6.42 Å². The molecule has 5 nitrogen and oxygen atoms in total. The quantitative estimate of drug-likeness (QED) is 0.724. The molecule has 3 rings (SSSR count). The van der Waals surface area contributed by atoms with Crippen molar-refractivity contribution < 1.29 is 9.18 Å². The summed E-state index contributed by atoms with van der Waals surface area (Å²) >= 11 is 0. The first-order valence-electron chi connectivity index (χ1n) is 7.19. The van der Waals surface area contributed by atoms with Crippen LogP contribution in [0.3, 0.4) is 0 Å². The van der Waals surface area contributed by atoms with E-state index in [2.05, 4.69) is 10.3 Å². The van der Waals surface area contributed by atoms with Crippen molar-refractivity contribution in [1.29, 1.82) is 5.26 Å². The van der Waals surface area contributed by atoms with Crippen LogP contribution in [0.5, 0.6) is 0 Å². The highest BCUT2D eigenvalue weighted by atomic mass is 19.1. The molecule has 1 aromatic heterocycles. The minimum atomic E-state index is -0.689. The van der Waals surface area contributed by atoms with Crippen LogP contribution in [0.15, 0.2) is 48.8 Å². The first kappa shape index (κ1) is 15.4. The SMILES string of the molecule is N#CCc1c(NC(=O)c2cncc3ccccc23)ccc(N)c1F. The van der Waals surface area contributed by atoms with E-state index in [1.165, 1.54) is 18.3 Å². The maximum absolute atomic E-state index is 14.1. The lowest BCUT2D eigenvalue weighted by Gasteiger charge is -2.12. The molecule has 0 unspecified atom stereocenters. The van der Waals surface area contributed by atoms with Crippen molar-refractivity contribution in [3.63, 3.8) is 0 Å². The van der Waals surface area contributed by atoms with E-state index in [-0.39, 0.29) is 23.4 Å². The molecule has 0 aliphatic carbocycles. The summed E-state index contributed by atoms with van der Waals surface area (Å²) in [5, 5.41) is 13.1. The lowest BCUT2D eigenvalue weighted by molar-refractivity contribution is 0.102. The molecule has 24 heavy (non-hydrogen) atoms. The highest BCUT2D eigenvalue weighted by Gasteiger charge is 2.16. The first-order chi connectivity index (χ1) is 11.6. The fourth-order valence-electron chi connectivity index (χ4n) is 2.50. The van der Waals surface area contributed by atoms with E-state index >= 15 is 0 Å². The van der Waals surface area contributed by atoms with Gasteiger partial charge in [-0.2, -0.15) is 5.26 Å². The van der Waals surface area contributed by atoms with E-state index < -0.39 is 11.7 Å². The highest BCUT2D eigenvalue weighted by Crippen LogP contribution is 2.26. The number of nitrogens with zero attached hydrogens (tertiary/aromatic N) is 2. The van der Waals surface area contributed by atoms with E-state index in [0.717, 1.165) is 10.8 Å². The molecule has 6 heteroatoms. The zero-order valence-electron chi connectivity index (χ0n) is 12.6. The second kappa shape index (κ2) is 6.34. The third kappa shape index (κ3) is 2.75. The number of nitrogens with two attached hydrogens (primary N) is 1. The Morgan fingerprint density at radius 3 is 2.83 bits per heavy atom. The summed E-state index contributed by atoms with van der Waals surface area (Å²) in [7, 11) is 0. The fourth-order valence-corrected chi connectivity index (χ4v) is 2.50. The Hall–Kier alpha value is -3.46. The Morgan fingerprint density at radius 2 is 2.04 bits per heavy atom. The molecule has 0 radical (unpaired) electrons. The normalized spacial score (nSPS) is 10.3. The molecule has 0 saturated carbocycles. The summed E-state index contributed by atoms with van der Waals surface area (Å²) in [6, 6.07) is 12.1. The number of rotatable bonds is 3. The number of carbonyl (C=O) groups is 1. The zero-order valence-corrected chi connectivity index (χ0v) is 12.6. The number of carbonyl (C=O) groups excluding carboxylic acids is 1. The number of nitriles is 1. The number of hydrogen-bond donors (Lipinski definition) is 2. The predicted octanol–water partition coefficient (Wildman–Crippen LogP) is 3.27. The van der Waals surface area contributed by atoms with Gasteiger partial charge >= 0.3 is 0 Å². The number of benzene rings is 2. The first-order valence-corrected chi connectivity index (χ1v) is 7.19. The average molecular weight is 320 g/mol. The van der Waals surface area contributed by atoms with Crippen LogP contribution in [0, 0.1) is 17.1 Å². The Labute approximate surface area is 137 Å². The molecule has 3 N–H and O–H groups in total. The van der Waals surface area contributed by atoms with Crippen molar-refractivity contribution in [3.05, 3.63) is 65.7 Å². The van der Waals surface area contributed by atoms with Gasteiger partial charge in [0.25, 0.3) is 5.91 Å². The van der Waals surface area contributed by atoms with Crippen molar-refractivity contribution in [2.24, 2.45) is 0 Å². The molecule has 118 valence electrons. The maximum atomic E-state index is 14.1. The van der Waals surface area contributed by atoms with Crippen molar-refractivity contribution in [3.8, 4) is 6.07 Å². The second-order valence-electron chi connectivity index (χ2n) is 5.19. The van der Waals surface area contributed by atoms with Gasteiger partial charge < -0.3 is 11.1 Å². The monoisotopic (exact) mass is 320 g/mol. The van der Waals surface area contributed by atoms with E-state index in [1.807, 2.05) is 30.3 Å². The van der Waals surface area contributed by atoms with Crippen LogP contribution in [0.25, 0.3) is 10.8 Å². The van der Waals surface area contributed by atoms with Gasteiger partial charge in [0.15, 0.2) is 5.82 Å². The summed E-state index contributed by atoms with van der Waals surface area (Å²) < 4.78 is 14.1. The summed E-state index contributed by atoms with van der Waals surface area (Å²) in [4.78, 5) is 16.7. The molecule has 3 aromatic rings. The minimum absolute atomic E-state index is 0.0647. The number of nitrogens with one attached hydrogen (secondary N) is 1. The fraction of sp³-hybridized carbons (Fsp3) is 0.0556. The van der Waals surface area contributed by atoms with Gasteiger partial charge in [0.2, 0.25) is 0 Å². The molecule has 1 heterocycles. The van der Waals surface area contributed by atoms with Crippen LogP contribution in [0.4, 0.5) is 15.8 Å². The number of nitrogen functional groups attached to an aromatic ring is 1. The average Bonchev–Trinajstić information content (AvgIpc) is 2.60. The third-order valence-electron chi connectivity index (χ3n) is 3.69. The van der Waals surface area contributed by atoms with Gasteiger partial charge in [-0.1, -0.05) is 24.3 Å². The molecule has 2 aromatic carbocycles.